The average Bonchev–Trinajstić information content (AvgIpc) is 3.02. The minimum absolute atomic E-state index is 0.00496. The van der Waals surface area contributed by atoms with Gasteiger partial charge in [-0.3, -0.25) is 20.0 Å². The monoisotopic (exact) mass is 374 g/mol. The highest BCUT2D eigenvalue weighted by Gasteiger charge is 2.35. The fraction of sp³-hybridized carbons (Fsp3) is 0.526. The van der Waals surface area contributed by atoms with Gasteiger partial charge in [-0.25, -0.2) is 4.79 Å². The summed E-state index contributed by atoms with van der Waals surface area (Å²) < 4.78 is 10.6. The number of hydrogen-bond acceptors (Lipinski definition) is 6. The third-order valence-corrected chi connectivity index (χ3v) is 5.03. The molecule has 8 heteroatoms. The van der Waals surface area contributed by atoms with Crippen LogP contribution in [0.25, 0.3) is 0 Å². The highest BCUT2D eigenvalue weighted by Crippen LogP contribution is 2.24. The first kappa shape index (κ1) is 19.2. The Labute approximate surface area is 158 Å². The van der Waals surface area contributed by atoms with Crippen molar-refractivity contribution in [2.24, 2.45) is 11.7 Å². The largest absolute Gasteiger partial charge is 0.466 e. The number of piperidine rings is 1. The number of ether oxygens (including phenoxy) is 2. The summed E-state index contributed by atoms with van der Waals surface area (Å²) in [6, 6.07) is 6.98. The minimum Gasteiger partial charge on any atom is -0.466 e. The molecule has 1 aromatic carbocycles. The molecule has 3 N–H and O–H groups in total. The van der Waals surface area contributed by atoms with E-state index in [9.17, 15) is 9.59 Å². The molecule has 1 aromatic rings. The first-order valence-electron chi connectivity index (χ1n) is 9.29. The number of carbonyl (C=O) groups excluding carboxylic acids is 2. The summed E-state index contributed by atoms with van der Waals surface area (Å²) in [7, 11) is 0. The lowest BCUT2D eigenvalue weighted by atomic mass is 9.97. The van der Waals surface area contributed by atoms with Gasteiger partial charge in [0.15, 0.2) is 0 Å². The molecule has 0 aliphatic carbocycles. The summed E-state index contributed by atoms with van der Waals surface area (Å²) >= 11 is 0. The highest BCUT2D eigenvalue weighted by molar-refractivity contribution is 5.96. The van der Waals surface area contributed by atoms with Gasteiger partial charge in [0, 0.05) is 17.8 Å². The Bertz CT molecular complexity index is 698. The molecule has 2 heterocycles. The Balaban J connectivity index is 1.51. The van der Waals surface area contributed by atoms with Gasteiger partial charge < -0.3 is 15.2 Å². The number of benzene rings is 1. The predicted molar refractivity (Wildman–Crippen MR) is 101 cm³/mol. The molecule has 1 atom stereocenters. The van der Waals surface area contributed by atoms with Gasteiger partial charge in [-0.2, -0.15) is 0 Å². The maximum atomic E-state index is 12.2. The second-order valence-corrected chi connectivity index (χ2v) is 6.90. The van der Waals surface area contributed by atoms with E-state index in [0.717, 1.165) is 31.6 Å². The van der Waals surface area contributed by atoms with E-state index in [1.807, 2.05) is 6.92 Å². The highest BCUT2D eigenvalue weighted by atomic mass is 16.6. The number of likely N-dealkylation sites (tertiary alicyclic amines) is 1. The Hall–Kier alpha value is -2.61. The number of nitrogens with two attached hydrogens (primary N) is 1. The first-order chi connectivity index (χ1) is 13.0. The number of nitrogens with one attached hydrogen (secondary N) is 1. The number of nitrogen functional groups attached to an aromatic ring is 1. The fourth-order valence-corrected chi connectivity index (χ4v) is 3.55. The number of anilines is 1. The Morgan fingerprint density at radius 3 is 2.56 bits per heavy atom. The van der Waals surface area contributed by atoms with E-state index in [1.54, 1.807) is 29.2 Å². The summed E-state index contributed by atoms with van der Waals surface area (Å²) in [6.45, 7) is 4.97. The van der Waals surface area contributed by atoms with Crippen LogP contribution in [0.2, 0.25) is 0 Å². The zero-order valence-electron chi connectivity index (χ0n) is 15.5. The molecule has 27 heavy (non-hydrogen) atoms. The van der Waals surface area contributed by atoms with Crippen LogP contribution < -0.4 is 10.6 Å². The number of cyclic esters (lactones) is 1. The molecular formula is C19H26N4O4. The molecule has 2 aliphatic rings. The van der Waals surface area contributed by atoms with Crippen molar-refractivity contribution in [1.82, 2.24) is 4.90 Å². The van der Waals surface area contributed by atoms with Gasteiger partial charge in [0.05, 0.1) is 19.1 Å². The molecule has 1 amide bonds. The number of amidine groups is 1. The molecule has 2 fully saturated rings. The van der Waals surface area contributed by atoms with Crippen molar-refractivity contribution >= 4 is 23.6 Å². The molecule has 2 saturated heterocycles. The quantitative estimate of drug-likeness (QED) is 0.444. The van der Waals surface area contributed by atoms with Crippen molar-refractivity contribution in [1.29, 1.82) is 5.41 Å². The lowest BCUT2D eigenvalue weighted by Crippen LogP contribution is -2.41. The average molecular weight is 374 g/mol. The van der Waals surface area contributed by atoms with Crippen LogP contribution in [0.4, 0.5) is 10.5 Å². The molecule has 0 radical (unpaired) electrons. The van der Waals surface area contributed by atoms with E-state index in [1.165, 1.54) is 0 Å². The topological polar surface area (TPSA) is 109 Å². The number of nitrogens with zero attached hydrogens (tertiary/aromatic N) is 2. The summed E-state index contributed by atoms with van der Waals surface area (Å²) in [5.41, 5.74) is 6.81. The maximum absolute atomic E-state index is 12.2. The second kappa shape index (κ2) is 8.39. The van der Waals surface area contributed by atoms with Crippen molar-refractivity contribution in [3.05, 3.63) is 29.8 Å². The lowest BCUT2D eigenvalue weighted by molar-refractivity contribution is -0.149. The SMILES string of the molecule is CCOC(=O)C1CCN(C[C@@H]2CN(c3ccc(C(=N)N)cc3)C(=O)O2)CC1. The zero-order chi connectivity index (χ0) is 19.4. The van der Waals surface area contributed by atoms with E-state index in [2.05, 4.69) is 4.90 Å². The number of carbonyl (C=O) groups is 2. The second-order valence-electron chi connectivity index (χ2n) is 6.90. The maximum Gasteiger partial charge on any atom is 0.414 e. The molecule has 8 nitrogen and oxygen atoms in total. The molecule has 0 spiro atoms. The number of esters is 1. The summed E-state index contributed by atoms with van der Waals surface area (Å²) in [4.78, 5) is 27.9. The zero-order valence-corrected chi connectivity index (χ0v) is 15.5. The normalized spacial score (nSPS) is 21.1. The van der Waals surface area contributed by atoms with Crippen molar-refractivity contribution < 1.29 is 19.1 Å². The van der Waals surface area contributed by atoms with Crippen molar-refractivity contribution in [3.8, 4) is 0 Å². The molecule has 0 unspecified atom stereocenters. The minimum atomic E-state index is -0.364. The van der Waals surface area contributed by atoms with Gasteiger partial charge in [-0.1, -0.05) is 0 Å². The molecule has 0 saturated carbocycles. The van der Waals surface area contributed by atoms with Crippen LogP contribution in [0, 0.1) is 11.3 Å². The molecule has 2 aliphatic heterocycles. The molecule has 0 aromatic heterocycles. The number of rotatable bonds is 6. The van der Waals surface area contributed by atoms with E-state index in [4.69, 9.17) is 20.6 Å². The van der Waals surface area contributed by atoms with Gasteiger partial charge in [0.1, 0.15) is 11.9 Å². The van der Waals surface area contributed by atoms with Crippen LogP contribution in [-0.2, 0) is 14.3 Å². The Morgan fingerprint density at radius 2 is 1.96 bits per heavy atom. The molecule has 0 bridgehead atoms. The van der Waals surface area contributed by atoms with Crippen LogP contribution >= 0.6 is 0 Å². The van der Waals surface area contributed by atoms with E-state index in [0.29, 0.717) is 25.3 Å². The van der Waals surface area contributed by atoms with E-state index >= 15 is 0 Å². The molecule has 146 valence electrons. The molecule has 3 rings (SSSR count). The van der Waals surface area contributed by atoms with Gasteiger partial charge in [-0.15, -0.1) is 0 Å². The van der Waals surface area contributed by atoms with E-state index in [-0.39, 0.29) is 29.9 Å². The Kier molecular flexibility index (Phi) is 5.95. The molecular weight excluding hydrogens is 348 g/mol. The van der Waals surface area contributed by atoms with Crippen LogP contribution in [0.1, 0.15) is 25.3 Å². The summed E-state index contributed by atoms with van der Waals surface area (Å²) in [5.74, 6) is -0.136. The van der Waals surface area contributed by atoms with Crippen LogP contribution in [0.3, 0.4) is 0 Å². The third kappa shape index (κ3) is 4.57. The van der Waals surface area contributed by atoms with Gasteiger partial charge in [-0.05, 0) is 57.1 Å². The predicted octanol–water partition coefficient (Wildman–Crippen LogP) is 1.57. The Morgan fingerprint density at radius 1 is 1.30 bits per heavy atom. The number of hydrogen-bond donors (Lipinski definition) is 2. The number of amides is 1. The third-order valence-electron chi connectivity index (χ3n) is 5.03. The van der Waals surface area contributed by atoms with Gasteiger partial charge in [0.2, 0.25) is 0 Å². The van der Waals surface area contributed by atoms with Gasteiger partial charge in [0.25, 0.3) is 0 Å². The summed E-state index contributed by atoms with van der Waals surface area (Å²) in [5, 5.41) is 7.43. The van der Waals surface area contributed by atoms with Crippen molar-refractivity contribution in [3.63, 3.8) is 0 Å². The van der Waals surface area contributed by atoms with Crippen LogP contribution in [0.5, 0.6) is 0 Å². The van der Waals surface area contributed by atoms with Gasteiger partial charge >= 0.3 is 12.1 Å². The van der Waals surface area contributed by atoms with Crippen molar-refractivity contribution in [2.45, 2.75) is 25.9 Å². The van der Waals surface area contributed by atoms with Crippen LogP contribution in [-0.4, -0.2) is 61.7 Å². The standard InChI is InChI=1S/C19H26N4O4/c1-2-26-18(24)14-7-9-22(10-8-14)11-16-12-23(19(25)27-16)15-5-3-13(4-6-15)17(20)21/h3-6,14,16H,2,7-12H2,1H3,(H3,20,21)/t16-/m1/s1. The van der Waals surface area contributed by atoms with E-state index < -0.39 is 0 Å². The first-order valence-corrected chi connectivity index (χ1v) is 9.29. The lowest BCUT2D eigenvalue weighted by Gasteiger charge is -2.31. The summed E-state index contributed by atoms with van der Waals surface area (Å²) in [6.07, 6.45) is 0.979. The fourth-order valence-electron chi connectivity index (χ4n) is 3.55. The smallest absolute Gasteiger partial charge is 0.414 e. The van der Waals surface area contributed by atoms with Crippen molar-refractivity contribution in [2.75, 3.05) is 37.7 Å². The van der Waals surface area contributed by atoms with Crippen LogP contribution in [0.15, 0.2) is 24.3 Å².